The predicted octanol–water partition coefficient (Wildman–Crippen LogP) is 3.16. The zero-order valence-electron chi connectivity index (χ0n) is 14.8. The van der Waals surface area contributed by atoms with E-state index in [4.69, 9.17) is 4.42 Å². The van der Waals surface area contributed by atoms with Crippen molar-refractivity contribution in [3.05, 3.63) is 59.3 Å². The van der Waals surface area contributed by atoms with Crippen molar-refractivity contribution in [3.63, 3.8) is 0 Å². The number of ketones is 2. The number of carbonyl (C=O) groups excluding carboxylic acids is 3. The Morgan fingerprint density at radius 1 is 1.07 bits per heavy atom. The van der Waals surface area contributed by atoms with Crippen LogP contribution < -0.4 is 0 Å². The molecule has 1 atom stereocenters. The molecule has 1 saturated carbocycles. The summed E-state index contributed by atoms with van der Waals surface area (Å²) in [7, 11) is 0. The molecule has 0 N–H and O–H groups in total. The van der Waals surface area contributed by atoms with E-state index in [9.17, 15) is 18.8 Å². The molecule has 1 aromatic carbocycles. The first-order valence-electron chi connectivity index (χ1n) is 9.25. The first-order chi connectivity index (χ1) is 13.0. The van der Waals surface area contributed by atoms with Gasteiger partial charge in [-0.1, -0.05) is 25.0 Å². The fourth-order valence-corrected chi connectivity index (χ4v) is 3.97. The van der Waals surface area contributed by atoms with E-state index in [1.54, 1.807) is 23.1 Å². The Labute approximate surface area is 156 Å². The minimum atomic E-state index is -0.983. The van der Waals surface area contributed by atoms with Crippen LogP contribution in [0.5, 0.6) is 0 Å². The largest absolute Gasteiger partial charge is 0.458 e. The first kappa shape index (κ1) is 17.6. The lowest BCUT2D eigenvalue weighted by Crippen LogP contribution is -2.35. The standard InChI is InChI=1S/C21H20FNO4/c22-14-7-5-13(6-8-14)11-16-9-10-18(27-16)19(24)17-12-23(21(26)20(17)25)15-3-1-2-4-15/h5-10,15,17H,1-4,11-12H2. The van der Waals surface area contributed by atoms with E-state index in [1.807, 2.05) is 0 Å². The Morgan fingerprint density at radius 3 is 2.48 bits per heavy atom. The van der Waals surface area contributed by atoms with Gasteiger partial charge >= 0.3 is 0 Å². The average Bonchev–Trinajstić information content (AvgIpc) is 3.39. The Kier molecular flexibility index (Phi) is 4.64. The maximum atomic E-state index is 13.0. The van der Waals surface area contributed by atoms with Gasteiger partial charge < -0.3 is 9.32 Å². The smallest absolute Gasteiger partial charge is 0.291 e. The number of likely N-dealkylation sites (tertiary alicyclic amines) is 1. The van der Waals surface area contributed by atoms with Gasteiger partial charge in [0, 0.05) is 19.0 Å². The molecule has 2 fully saturated rings. The van der Waals surface area contributed by atoms with E-state index in [0.717, 1.165) is 31.2 Å². The molecule has 1 aromatic heterocycles. The molecule has 1 aliphatic heterocycles. The quantitative estimate of drug-likeness (QED) is 0.461. The van der Waals surface area contributed by atoms with Gasteiger partial charge in [0.15, 0.2) is 5.76 Å². The van der Waals surface area contributed by atoms with Crippen molar-refractivity contribution in [3.8, 4) is 0 Å². The van der Waals surface area contributed by atoms with Gasteiger partial charge in [-0.2, -0.15) is 0 Å². The lowest BCUT2D eigenvalue weighted by atomic mass is 10.0. The van der Waals surface area contributed by atoms with Crippen molar-refractivity contribution in [1.29, 1.82) is 0 Å². The molecule has 2 aliphatic rings. The highest BCUT2D eigenvalue weighted by Crippen LogP contribution is 2.29. The predicted molar refractivity (Wildman–Crippen MR) is 94.7 cm³/mol. The molecule has 0 bridgehead atoms. The Bertz CT molecular complexity index is 880. The number of carbonyl (C=O) groups is 3. The van der Waals surface area contributed by atoms with E-state index in [1.165, 1.54) is 18.2 Å². The fraction of sp³-hybridized carbons (Fsp3) is 0.381. The summed E-state index contributed by atoms with van der Waals surface area (Å²) >= 11 is 0. The second-order valence-corrected chi connectivity index (χ2v) is 7.25. The number of rotatable bonds is 5. The second-order valence-electron chi connectivity index (χ2n) is 7.25. The molecule has 5 nitrogen and oxygen atoms in total. The van der Waals surface area contributed by atoms with Crippen LogP contribution in [0.15, 0.2) is 40.8 Å². The summed E-state index contributed by atoms with van der Waals surface area (Å²) in [6, 6.07) is 9.32. The van der Waals surface area contributed by atoms with Crippen LogP contribution in [0.2, 0.25) is 0 Å². The van der Waals surface area contributed by atoms with Crippen LogP contribution in [0, 0.1) is 11.7 Å². The highest BCUT2D eigenvalue weighted by Gasteiger charge is 2.46. The number of Topliss-reactive ketones (excluding diaryl/α,β-unsaturated/α-hetero) is 2. The zero-order valence-corrected chi connectivity index (χ0v) is 14.8. The molecule has 1 saturated heterocycles. The summed E-state index contributed by atoms with van der Waals surface area (Å²) in [4.78, 5) is 38.9. The Hall–Kier alpha value is -2.76. The topological polar surface area (TPSA) is 67.6 Å². The summed E-state index contributed by atoms with van der Waals surface area (Å²) < 4.78 is 18.6. The van der Waals surface area contributed by atoms with Gasteiger partial charge in [-0.05, 0) is 42.7 Å². The van der Waals surface area contributed by atoms with E-state index in [2.05, 4.69) is 0 Å². The summed E-state index contributed by atoms with van der Waals surface area (Å²) in [6.07, 6.45) is 4.29. The molecule has 4 rings (SSSR count). The van der Waals surface area contributed by atoms with Crippen LogP contribution in [-0.4, -0.2) is 35.0 Å². The van der Waals surface area contributed by atoms with Crippen LogP contribution in [0.3, 0.4) is 0 Å². The van der Waals surface area contributed by atoms with Crippen LogP contribution in [0.4, 0.5) is 4.39 Å². The first-order valence-corrected chi connectivity index (χ1v) is 9.25. The number of furan rings is 1. The maximum absolute atomic E-state index is 13.0. The van der Waals surface area contributed by atoms with E-state index in [-0.39, 0.29) is 24.2 Å². The highest BCUT2D eigenvalue weighted by molar-refractivity contribution is 6.43. The summed E-state index contributed by atoms with van der Waals surface area (Å²) in [6.45, 7) is 0.148. The van der Waals surface area contributed by atoms with Crippen molar-refractivity contribution in [2.45, 2.75) is 38.1 Å². The lowest BCUT2D eigenvalue weighted by molar-refractivity contribution is -0.141. The molecule has 27 heavy (non-hydrogen) atoms. The number of nitrogens with zero attached hydrogens (tertiary/aromatic N) is 1. The zero-order chi connectivity index (χ0) is 19.0. The number of amides is 1. The Morgan fingerprint density at radius 2 is 1.78 bits per heavy atom. The number of halogens is 1. The van der Waals surface area contributed by atoms with Crippen molar-refractivity contribution in [2.24, 2.45) is 5.92 Å². The molecule has 2 aromatic rings. The molecule has 1 aliphatic carbocycles. The summed E-state index contributed by atoms with van der Waals surface area (Å²) in [5.41, 5.74) is 0.851. The molecule has 0 radical (unpaired) electrons. The van der Waals surface area contributed by atoms with Gasteiger partial charge in [-0.3, -0.25) is 14.4 Å². The van der Waals surface area contributed by atoms with Crippen LogP contribution in [-0.2, 0) is 16.0 Å². The monoisotopic (exact) mass is 369 g/mol. The van der Waals surface area contributed by atoms with Crippen molar-refractivity contribution >= 4 is 17.5 Å². The summed E-state index contributed by atoms with van der Waals surface area (Å²) in [5, 5.41) is 0. The minimum absolute atomic E-state index is 0.0740. The fourth-order valence-electron chi connectivity index (χ4n) is 3.97. The molecule has 140 valence electrons. The number of hydrogen-bond acceptors (Lipinski definition) is 4. The van der Waals surface area contributed by atoms with E-state index >= 15 is 0 Å². The van der Waals surface area contributed by atoms with Crippen LogP contribution in [0.1, 0.15) is 47.6 Å². The van der Waals surface area contributed by atoms with Crippen LogP contribution >= 0.6 is 0 Å². The lowest BCUT2D eigenvalue weighted by Gasteiger charge is -2.22. The normalized spacial score (nSPS) is 20.6. The number of hydrogen-bond donors (Lipinski definition) is 0. The van der Waals surface area contributed by atoms with Gasteiger partial charge in [0.2, 0.25) is 11.6 Å². The van der Waals surface area contributed by atoms with Crippen LogP contribution in [0.25, 0.3) is 0 Å². The third kappa shape index (κ3) is 3.44. The minimum Gasteiger partial charge on any atom is -0.458 e. The van der Waals surface area contributed by atoms with Crippen molar-refractivity contribution in [2.75, 3.05) is 6.54 Å². The maximum Gasteiger partial charge on any atom is 0.291 e. The molecular formula is C21H20FNO4. The molecule has 2 heterocycles. The van der Waals surface area contributed by atoms with Gasteiger partial charge in [-0.15, -0.1) is 0 Å². The Balaban J connectivity index is 1.46. The van der Waals surface area contributed by atoms with Gasteiger partial charge in [0.05, 0.1) is 0 Å². The summed E-state index contributed by atoms with van der Waals surface area (Å²) in [5.74, 6) is -2.28. The SMILES string of the molecule is O=C1C(=O)N(C2CCCC2)CC1C(=O)c1ccc(Cc2ccc(F)cc2)o1. The highest BCUT2D eigenvalue weighted by atomic mass is 19.1. The van der Waals surface area contributed by atoms with Gasteiger partial charge in [0.1, 0.15) is 17.5 Å². The molecule has 1 amide bonds. The third-order valence-corrected chi connectivity index (χ3v) is 5.45. The van der Waals surface area contributed by atoms with Gasteiger partial charge in [-0.25, -0.2) is 4.39 Å². The van der Waals surface area contributed by atoms with Crippen molar-refractivity contribution in [1.82, 2.24) is 4.90 Å². The third-order valence-electron chi connectivity index (χ3n) is 5.45. The van der Waals surface area contributed by atoms with Gasteiger partial charge in [0.25, 0.3) is 5.91 Å². The second kappa shape index (κ2) is 7.10. The molecule has 6 heteroatoms. The van der Waals surface area contributed by atoms with E-state index in [0.29, 0.717) is 12.2 Å². The van der Waals surface area contributed by atoms with E-state index < -0.39 is 23.4 Å². The van der Waals surface area contributed by atoms with Crippen molar-refractivity contribution < 1.29 is 23.2 Å². The molecule has 0 spiro atoms. The molecular weight excluding hydrogens is 349 g/mol. The average molecular weight is 369 g/mol. The number of benzene rings is 1. The molecule has 1 unspecified atom stereocenters.